The molecule has 1 amide bonds. The molecular formula is C14H14N2OS. The molecule has 92 valence electrons. The van der Waals surface area contributed by atoms with E-state index >= 15 is 0 Å². The zero-order valence-corrected chi connectivity index (χ0v) is 10.7. The van der Waals surface area contributed by atoms with Gasteiger partial charge in [-0.3, -0.25) is 9.78 Å². The molecule has 1 heterocycles. The lowest BCUT2D eigenvalue weighted by Gasteiger charge is -2.05. The molecule has 4 heteroatoms. The van der Waals surface area contributed by atoms with Crippen LogP contribution in [0.3, 0.4) is 0 Å². The Balaban J connectivity index is 1.84. The Morgan fingerprint density at radius 2 is 2.00 bits per heavy atom. The summed E-state index contributed by atoms with van der Waals surface area (Å²) in [6.07, 6.45) is 4.33. The normalized spacial score (nSPS) is 10.1. The number of hydrogen-bond donors (Lipinski definition) is 2. The molecule has 0 aliphatic carbocycles. The fourth-order valence-electron chi connectivity index (χ4n) is 1.58. The SMILES string of the molecule is O=C(NCCc1cccnc1)c1ccc(S)cc1. The Morgan fingerprint density at radius 1 is 1.22 bits per heavy atom. The van der Waals surface area contributed by atoms with Crippen LogP contribution in [0.15, 0.2) is 53.7 Å². The standard InChI is InChI=1S/C14H14N2OS/c17-14(12-3-5-13(18)6-4-12)16-9-7-11-2-1-8-15-10-11/h1-6,8,10,18H,7,9H2,(H,16,17). The maximum atomic E-state index is 11.8. The third kappa shape index (κ3) is 3.60. The molecule has 0 aliphatic rings. The molecule has 0 saturated carbocycles. The van der Waals surface area contributed by atoms with Gasteiger partial charge in [-0.1, -0.05) is 6.07 Å². The van der Waals surface area contributed by atoms with E-state index in [1.807, 2.05) is 18.3 Å². The number of benzene rings is 1. The second kappa shape index (κ2) is 6.21. The van der Waals surface area contributed by atoms with Gasteiger partial charge in [0, 0.05) is 29.4 Å². The molecule has 2 rings (SSSR count). The molecule has 0 atom stereocenters. The minimum absolute atomic E-state index is 0.0628. The molecule has 1 aromatic heterocycles. The van der Waals surface area contributed by atoms with Gasteiger partial charge < -0.3 is 5.32 Å². The molecule has 0 fully saturated rings. The summed E-state index contributed by atoms with van der Waals surface area (Å²) in [5.41, 5.74) is 1.77. The fraction of sp³-hybridized carbons (Fsp3) is 0.143. The third-order valence-electron chi connectivity index (χ3n) is 2.55. The summed E-state index contributed by atoms with van der Waals surface area (Å²) < 4.78 is 0. The van der Waals surface area contributed by atoms with Crippen molar-refractivity contribution in [3.8, 4) is 0 Å². The van der Waals surface area contributed by atoms with E-state index in [1.54, 1.807) is 30.5 Å². The molecule has 3 nitrogen and oxygen atoms in total. The van der Waals surface area contributed by atoms with E-state index in [1.165, 1.54) is 0 Å². The van der Waals surface area contributed by atoms with Gasteiger partial charge in [0.05, 0.1) is 0 Å². The number of carbonyl (C=O) groups excluding carboxylic acids is 1. The lowest BCUT2D eigenvalue weighted by Crippen LogP contribution is -2.25. The molecule has 0 spiro atoms. The van der Waals surface area contributed by atoms with Gasteiger partial charge in [0.25, 0.3) is 5.91 Å². The molecule has 18 heavy (non-hydrogen) atoms. The number of nitrogens with zero attached hydrogens (tertiary/aromatic N) is 1. The molecule has 0 aliphatic heterocycles. The van der Waals surface area contributed by atoms with Crippen molar-refractivity contribution in [2.45, 2.75) is 11.3 Å². The Hall–Kier alpha value is -1.81. The minimum Gasteiger partial charge on any atom is -0.352 e. The fourth-order valence-corrected chi connectivity index (χ4v) is 1.73. The van der Waals surface area contributed by atoms with Crippen molar-refractivity contribution in [2.24, 2.45) is 0 Å². The van der Waals surface area contributed by atoms with Crippen LogP contribution in [0.5, 0.6) is 0 Å². The van der Waals surface area contributed by atoms with E-state index in [0.29, 0.717) is 12.1 Å². The van der Waals surface area contributed by atoms with Crippen LogP contribution in [0.2, 0.25) is 0 Å². The average molecular weight is 258 g/mol. The summed E-state index contributed by atoms with van der Waals surface area (Å²) in [5.74, 6) is -0.0628. The highest BCUT2D eigenvalue weighted by Crippen LogP contribution is 2.07. The molecule has 2 aromatic rings. The van der Waals surface area contributed by atoms with Crippen LogP contribution < -0.4 is 5.32 Å². The van der Waals surface area contributed by atoms with E-state index in [9.17, 15) is 4.79 Å². The van der Waals surface area contributed by atoms with Gasteiger partial charge in [0.2, 0.25) is 0 Å². The van der Waals surface area contributed by atoms with Gasteiger partial charge in [-0.25, -0.2) is 0 Å². The largest absolute Gasteiger partial charge is 0.352 e. The van der Waals surface area contributed by atoms with Gasteiger partial charge in [-0.15, -0.1) is 12.6 Å². The zero-order chi connectivity index (χ0) is 12.8. The van der Waals surface area contributed by atoms with Crippen LogP contribution in [0.1, 0.15) is 15.9 Å². The number of pyridine rings is 1. The van der Waals surface area contributed by atoms with Crippen molar-refractivity contribution in [2.75, 3.05) is 6.54 Å². The third-order valence-corrected chi connectivity index (χ3v) is 2.85. The number of thiol groups is 1. The zero-order valence-electron chi connectivity index (χ0n) is 9.84. The maximum absolute atomic E-state index is 11.8. The average Bonchev–Trinajstić information content (AvgIpc) is 2.40. The van der Waals surface area contributed by atoms with Gasteiger partial charge in [0.1, 0.15) is 0 Å². The summed E-state index contributed by atoms with van der Waals surface area (Å²) >= 11 is 4.18. The first-order chi connectivity index (χ1) is 8.75. The molecule has 1 N–H and O–H groups in total. The lowest BCUT2D eigenvalue weighted by atomic mass is 10.2. The Morgan fingerprint density at radius 3 is 2.67 bits per heavy atom. The van der Waals surface area contributed by atoms with E-state index in [2.05, 4.69) is 22.9 Å². The number of hydrogen-bond acceptors (Lipinski definition) is 3. The quantitative estimate of drug-likeness (QED) is 0.827. The Bertz CT molecular complexity index is 511. The predicted molar refractivity (Wildman–Crippen MR) is 74.0 cm³/mol. The number of nitrogens with one attached hydrogen (secondary N) is 1. The van der Waals surface area contributed by atoms with Crippen molar-refractivity contribution in [1.29, 1.82) is 0 Å². The number of carbonyl (C=O) groups is 1. The second-order valence-electron chi connectivity index (χ2n) is 3.91. The van der Waals surface area contributed by atoms with Crippen LogP contribution in [-0.4, -0.2) is 17.4 Å². The van der Waals surface area contributed by atoms with Crippen molar-refractivity contribution in [3.63, 3.8) is 0 Å². The number of aromatic nitrogens is 1. The van der Waals surface area contributed by atoms with E-state index in [0.717, 1.165) is 16.9 Å². The second-order valence-corrected chi connectivity index (χ2v) is 4.43. The highest BCUT2D eigenvalue weighted by atomic mass is 32.1. The highest BCUT2D eigenvalue weighted by Gasteiger charge is 2.03. The molecule has 0 saturated heterocycles. The van der Waals surface area contributed by atoms with Crippen molar-refractivity contribution in [3.05, 3.63) is 59.9 Å². The van der Waals surface area contributed by atoms with Gasteiger partial charge in [-0.2, -0.15) is 0 Å². The predicted octanol–water partition coefficient (Wildman–Crippen LogP) is 2.34. The monoisotopic (exact) mass is 258 g/mol. The van der Waals surface area contributed by atoms with Crippen LogP contribution >= 0.6 is 12.6 Å². The van der Waals surface area contributed by atoms with E-state index < -0.39 is 0 Å². The highest BCUT2D eigenvalue weighted by molar-refractivity contribution is 7.80. The molecule has 0 unspecified atom stereocenters. The number of amides is 1. The van der Waals surface area contributed by atoms with E-state index in [4.69, 9.17) is 0 Å². The van der Waals surface area contributed by atoms with Crippen LogP contribution in [0.25, 0.3) is 0 Å². The molecule has 0 radical (unpaired) electrons. The minimum atomic E-state index is -0.0628. The first-order valence-electron chi connectivity index (χ1n) is 5.72. The molecular weight excluding hydrogens is 244 g/mol. The van der Waals surface area contributed by atoms with Crippen molar-refractivity contribution in [1.82, 2.24) is 10.3 Å². The lowest BCUT2D eigenvalue weighted by molar-refractivity contribution is 0.0954. The van der Waals surface area contributed by atoms with Gasteiger partial charge >= 0.3 is 0 Å². The van der Waals surface area contributed by atoms with Crippen LogP contribution in [0, 0.1) is 0 Å². The summed E-state index contributed by atoms with van der Waals surface area (Å²) in [4.78, 5) is 16.7. The summed E-state index contributed by atoms with van der Waals surface area (Å²) in [5, 5.41) is 2.88. The molecule has 1 aromatic carbocycles. The van der Waals surface area contributed by atoms with Gasteiger partial charge in [-0.05, 0) is 42.3 Å². The van der Waals surface area contributed by atoms with Gasteiger partial charge in [0.15, 0.2) is 0 Å². The topological polar surface area (TPSA) is 42.0 Å². The summed E-state index contributed by atoms with van der Waals surface area (Å²) in [7, 11) is 0. The van der Waals surface area contributed by atoms with E-state index in [-0.39, 0.29) is 5.91 Å². The Kier molecular flexibility index (Phi) is 4.36. The first kappa shape index (κ1) is 12.6. The summed E-state index contributed by atoms with van der Waals surface area (Å²) in [6, 6.07) is 11.0. The Labute approximate surface area is 112 Å². The smallest absolute Gasteiger partial charge is 0.251 e. The maximum Gasteiger partial charge on any atom is 0.251 e. The first-order valence-corrected chi connectivity index (χ1v) is 6.16. The van der Waals surface area contributed by atoms with Crippen LogP contribution in [-0.2, 0) is 6.42 Å². The van der Waals surface area contributed by atoms with Crippen molar-refractivity contribution < 1.29 is 4.79 Å². The van der Waals surface area contributed by atoms with Crippen LogP contribution in [0.4, 0.5) is 0 Å². The number of rotatable bonds is 4. The van der Waals surface area contributed by atoms with Crippen molar-refractivity contribution >= 4 is 18.5 Å². The molecule has 0 bridgehead atoms. The summed E-state index contributed by atoms with van der Waals surface area (Å²) in [6.45, 7) is 0.604.